The molecule has 0 amide bonds. The molecule has 2 aliphatic rings. The van der Waals surface area contributed by atoms with Crippen molar-refractivity contribution in [2.75, 3.05) is 37.3 Å². The molecule has 1 aliphatic carbocycles. The lowest BCUT2D eigenvalue weighted by atomic mass is 10.1. The third kappa shape index (κ3) is 4.30. The molecule has 1 aliphatic heterocycles. The number of nitrogens with zero attached hydrogens (tertiary/aromatic N) is 3. The van der Waals surface area contributed by atoms with E-state index in [-0.39, 0.29) is 11.6 Å². The van der Waals surface area contributed by atoms with Crippen LogP contribution in [0.15, 0.2) is 70.5 Å². The molecular weight excluding hydrogens is 338 g/mol. The molecule has 0 bridgehead atoms. The van der Waals surface area contributed by atoms with Crippen molar-refractivity contribution in [3.63, 3.8) is 0 Å². The smallest absolute Gasteiger partial charge is 0.250 e. The third-order valence-electron chi connectivity index (χ3n) is 4.09. The molecule has 3 rings (SSSR count). The highest BCUT2D eigenvalue weighted by Crippen LogP contribution is 2.19. The molecule has 1 aromatic carbocycles. The van der Waals surface area contributed by atoms with Crippen molar-refractivity contribution >= 4 is 21.4 Å². The number of allylic oxidation sites excluding steroid dienone is 5. The van der Waals surface area contributed by atoms with Crippen LogP contribution in [0.5, 0.6) is 0 Å². The summed E-state index contributed by atoms with van der Waals surface area (Å²) in [4.78, 5) is 3.98. The van der Waals surface area contributed by atoms with Gasteiger partial charge in [0.05, 0.1) is 12.0 Å². The molecule has 0 unspecified atom stereocenters. The SMILES string of the molecule is CS(=O)(=O)N=C1C=CC=CC1=C([O-])N1CCN(c2ccccc2)CC1. The van der Waals surface area contributed by atoms with Crippen LogP contribution in [0.25, 0.3) is 0 Å². The van der Waals surface area contributed by atoms with Crippen LogP contribution >= 0.6 is 0 Å². The van der Waals surface area contributed by atoms with Crippen molar-refractivity contribution in [3.8, 4) is 0 Å². The zero-order chi connectivity index (χ0) is 17.9. The quantitative estimate of drug-likeness (QED) is 0.751. The summed E-state index contributed by atoms with van der Waals surface area (Å²) in [5.74, 6) is -0.185. The molecule has 6 nitrogen and oxygen atoms in total. The van der Waals surface area contributed by atoms with E-state index >= 15 is 0 Å². The Balaban J connectivity index is 1.78. The Morgan fingerprint density at radius 2 is 1.68 bits per heavy atom. The first-order valence-electron chi connectivity index (χ1n) is 8.05. The van der Waals surface area contributed by atoms with Crippen LogP contribution in [-0.4, -0.2) is 51.5 Å². The minimum Gasteiger partial charge on any atom is -0.860 e. The second-order valence-corrected chi connectivity index (χ2v) is 7.60. The highest BCUT2D eigenvalue weighted by atomic mass is 32.2. The zero-order valence-electron chi connectivity index (χ0n) is 14.0. The normalized spacial score (nSPS) is 21.7. The summed E-state index contributed by atoms with van der Waals surface area (Å²) in [6.07, 6.45) is 7.58. The van der Waals surface area contributed by atoms with Crippen molar-refractivity contribution in [2.45, 2.75) is 0 Å². The number of rotatable bonds is 3. The van der Waals surface area contributed by atoms with Crippen molar-refractivity contribution in [1.82, 2.24) is 4.90 Å². The predicted molar refractivity (Wildman–Crippen MR) is 97.8 cm³/mol. The lowest BCUT2D eigenvalue weighted by molar-refractivity contribution is -0.333. The van der Waals surface area contributed by atoms with Gasteiger partial charge in [-0.15, -0.1) is 0 Å². The van der Waals surface area contributed by atoms with E-state index in [1.54, 1.807) is 29.2 Å². The van der Waals surface area contributed by atoms with Crippen LogP contribution < -0.4 is 10.0 Å². The Kier molecular flexibility index (Phi) is 4.94. The summed E-state index contributed by atoms with van der Waals surface area (Å²) < 4.78 is 26.6. The van der Waals surface area contributed by atoms with Crippen LogP contribution in [0.1, 0.15) is 0 Å². The molecule has 1 heterocycles. The number of piperazine rings is 1. The summed E-state index contributed by atoms with van der Waals surface area (Å²) in [6, 6.07) is 10.1. The van der Waals surface area contributed by atoms with E-state index in [0.717, 1.165) is 25.0 Å². The molecule has 0 aromatic heterocycles. The van der Waals surface area contributed by atoms with Crippen molar-refractivity contribution in [1.29, 1.82) is 0 Å². The maximum Gasteiger partial charge on any atom is 0.250 e. The molecule has 1 saturated heterocycles. The molecule has 0 N–H and O–H groups in total. The maximum atomic E-state index is 12.8. The summed E-state index contributed by atoms with van der Waals surface area (Å²) in [5.41, 5.74) is 1.66. The summed E-state index contributed by atoms with van der Waals surface area (Å²) in [7, 11) is -3.56. The van der Waals surface area contributed by atoms with Gasteiger partial charge in [0.1, 0.15) is 0 Å². The number of benzene rings is 1. The van der Waals surface area contributed by atoms with E-state index in [2.05, 4.69) is 21.4 Å². The monoisotopic (exact) mass is 358 g/mol. The zero-order valence-corrected chi connectivity index (χ0v) is 14.8. The van der Waals surface area contributed by atoms with Gasteiger partial charge in [-0.25, -0.2) is 8.42 Å². The Bertz CT molecular complexity index is 847. The predicted octanol–water partition coefficient (Wildman–Crippen LogP) is 0.907. The highest BCUT2D eigenvalue weighted by Gasteiger charge is 2.18. The van der Waals surface area contributed by atoms with Crippen LogP contribution in [0.3, 0.4) is 0 Å². The van der Waals surface area contributed by atoms with E-state index in [0.29, 0.717) is 18.7 Å². The number of anilines is 1. The van der Waals surface area contributed by atoms with E-state index in [1.807, 2.05) is 18.2 Å². The maximum absolute atomic E-state index is 12.8. The summed E-state index contributed by atoms with van der Waals surface area (Å²) in [6.45, 7) is 2.64. The summed E-state index contributed by atoms with van der Waals surface area (Å²) in [5, 5.41) is 12.8. The highest BCUT2D eigenvalue weighted by molar-refractivity contribution is 7.89. The van der Waals surface area contributed by atoms with Gasteiger partial charge >= 0.3 is 0 Å². The Morgan fingerprint density at radius 1 is 1.04 bits per heavy atom. The molecule has 0 radical (unpaired) electrons. The fraction of sp³-hybridized carbons (Fsp3) is 0.278. The fourth-order valence-electron chi connectivity index (χ4n) is 2.89. The molecule has 0 saturated carbocycles. The van der Waals surface area contributed by atoms with Gasteiger partial charge in [0.25, 0.3) is 10.0 Å². The summed E-state index contributed by atoms with van der Waals surface area (Å²) >= 11 is 0. The first-order valence-corrected chi connectivity index (χ1v) is 9.90. The van der Waals surface area contributed by atoms with Crippen LogP contribution in [0, 0.1) is 0 Å². The van der Waals surface area contributed by atoms with Gasteiger partial charge in [-0.2, -0.15) is 4.40 Å². The lowest BCUT2D eigenvalue weighted by Gasteiger charge is -2.41. The van der Waals surface area contributed by atoms with Gasteiger partial charge in [0, 0.05) is 37.4 Å². The topological polar surface area (TPSA) is 76.0 Å². The number of para-hydroxylation sites is 1. The van der Waals surface area contributed by atoms with E-state index < -0.39 is 10.0 Å². The Morgan fingerprint density at radius 3 is 2.32 bits per heavy atom. The molecule has 7 heteroatoms. The Hall–Kier alpha value is -2.54. The number of hydrogen-bond donors (Lipinski definition) is 0. The van der Waals surface area contributed by atoms with Gasteiger partial charge in [-0.3, -0.25) is 0 Å². The van der Waals surface area contributed by atoms with Gasteiger partial charge < -0.3 is 14.9 Å². The fourth-order valence-corrected chi connectivity index (χ4v) is 3.41. The van der Waals surface area contributed by atoms with Gasteiger partial charge in [0.2, 0.25) is 0 Å². The molecular formula is C18H20N3O3S-. The van der Waals surface area contributed by atoms with Crippen molar-refractivity contribution in [2.24, 2.45) is 4.40 Å². The average Bonchev–Trinajstić information content (AvgIpc) is 2.61. The Labute approximate surface area is 148 Å². The lowest BCUT2D eigenvalue weighted by Crippen LogP contribution is -2.48. The van der Waals surface area contributed by atoms with Crippen molar-refractivity contribution in [3.05, 3.63) is 66.1 Å². The second kappa shape index (κ2) is 7.14. The first-order chi connectivity index (χ1) is 11.9. The minimum atomic E-state index is -3.56. The molecule has 0 spiro atoms. The van der Waals surface area contributed by atoms with Gasteiger partial charge in [0.15, 0.2) is 0 Å². The standard InChI is InChI=1S/C18H21N3O3S/c1-25(23,24)19-17-10-6-5-9-16(17)18(22)21-13-11-20(12-14-21)15-7-3-2-4-8-15/h2-10,22H,11-14H2,1H3/p-1. The minimum absolute atomic E-state index is 0.185. The van der Waals surface area contributed by atoms with Crippen LogP contribution in [0.4, 0.5) is 5.69 Å². The molecule has 1 aromatic rings. The van der Waals surface area contributed by atoms with Gasteiger partial charge in [-0.05, 0) is 24.1 Å². The first kappa shape index (κ1) is 17.3. The number of sulfonamides is 1. The third-order valence-corrected chi connectivity index (χ3v) is 4.62. The molecule has 1 fully saturated rings. The largest absolute Gasteiger partial charge is 0.860 e. The molecule has 132 valence electrons. The molecule has 0 atom stereocenters. The van der Waals surface area contributed by atoms with E-state index in [1.165, 1.54) is 0 Å². The van der Waals surface area contributed by atoms with Gasteiger partial charge in [-0.1, -0.05) is 36.4 Å². The molecule has 25 heavy (non-hydrogen) atoms. The average molecular weight is 358 g/mol. The second-order valence-electron chi connectivity index (χ2n) is 5.96. The van der Waals surface area contributed by atoms with E-state index in [4.69, 9.17) is 0 Å². The van der Waals surface area contributed by atoms with E-state index in [9.17, 15) is 13.5 Å². The van der Waals surface area contributed by atoms with Crippen molar-refractivity contribution < 1.29 is 13.5 Å². The van der Waals surface area contributed by atoms with Crippen LogP contribution in [-0.2, 0) is 10.0 Å². The van der Waals surface area contributed by atoms with Crippen LogP contribution in [0.2, 0.25) is 0 Å². The number of hydrogen-bond acceptors (Lipinski definition) is 5.